The van der Waals surface area contributed by atoms with E-state index in [0.29, 0.717) is 6.04 Å². The third-order valence-electron chi connectivity index (χ3n) is 4.42. The van der Waals surface area contributed by atoms with Crippen LogP contribution >= 0.6 is 0 Å². The molecule has 1 fully saturated rings. The zero-order valence-electron chi connectivity index (χ0n) is 12.3. The molecule has 2 heterocycles. The Labute approximate surface area is 116 Å². The highest BCUT2D eigenvalue weighted by molar-refractivity contribution is 5.93. The summed E-state index contributed by atoms with van der Waals surface area (Å²) < 4.78 is 2.37. The molecule has 1 saturated heterocycles. The van der Waals surface area contributed by atoms with Gasteiger partial charge in [-0.1, -0.05) is 13.0 Å². The Morgan fingerprint density at radius 3 is 2.53 bits per heavy atom. The van der Waals surface area contributed by atoms with Crippen molar-refractivity contribution in [1.29, 1.82) is 0 Å². The van der Waals surface area contributed by atoms with Crippen molar-refractivity contribution >= 4 is 16.6 Å². The Kier molecular flexibility index (Phi) is 3.26. The lowest BCUT2D eigenvalue weighted by Gasteiger charge is -2.32. The van der Waals surface area contributed by atoms with E-state index in [0.717, 1.165) is 5.92 Å². The molecule has 0 saturated carbocycles. The minimum Gasteiger partial charge on any atom is -0.371 e. The van der Waals surface area contributed by atoms with Gasteiger partial charge in [-0.05, 0) is 50.8 Å². The highest BCUT2D eigenvalue weighted by Crippen LogP contribution is 2.31. The van der Waals surface area contributed by atoms with Crippen LogP contribution in [0.4, 0.5) is 5.69 Å². The van der Waals surface area contributed by atoms with E-state index in [1.54, 1.807) is 0 Å². The number of rotatable bonds is 2. The first kappa shape index (κ1) is 12.6. The maximum absolute atomic E-state index is 2.56. The van der Waals surface area contributed by atoms with E-state index in [2.05, 4.69) is 60.7 Å². The second-order valence-corrected chi connectivity index (χ2v) is 6.20. The van der Waals surface area contributed by atoms with Gasteiger partial charge >= 0.3 is 0 Å². The van der Waals surface area contributed by atoms with E-state index in [-0.39, 0.29) is 0 Å². The number of nitrogens with zero attached hydrogens (tertiary/aromatic N) is 2. The van der Waals surface area contributed by atoms with E-state index in [4.69, 9.17) is 0 Å². The van der Waals surface area contributed by atoms with Gasteiger partial charge in [-0.2, -0.15) is 0 Å². The highest BCUT2D eigenvalue weighted by Gasteiger charge is 2.18. The first-order valence-electron chi connectivity index (χ1n) is 7.51. The number of fused-ring (bicyclic) bond motifs is 1. The summed E-state index contributed by atoms with van der Waals surface area (Å²) in [5, 5.41) is 1.41. The Balaban J connectivity index is 2.00. The Morgan fingerprint density at radius 2 is 1.84 bits per heavy atom. The second-order valence-electron chi connectivity index (χ2n) is 6.20. The van der Waals surface area contributed by atoms with Gasteiger partial charge < -0.3 is 9.47 Å². The summed E-state index contributed by atoms with van der Waals surface area (Å²) in [5.41, 5.74) is 2.79. The van der Waals surface area contributed by atoms with Gasteiger partial charge in [0.15, 0.2) is 0 Å². The molecule has 0 bridgehead atoms. The molecule has 19 heavy (non-hydrogen) atoms. The fourth-order valence-electron chi connectivity index (χ4n) is 3.15. The molecule has 0 unspecified atom stereocenters. The summed E-state index contributed by atoms with van der Waals surface area (Å²) in [4.78, 5) is 2.56. The van der Waals surface area contributed by atoms with Gasteiger partial charge in [-0.25, -0.2) is 0 Å². The minimum atomic E-state index is 0.522. The molecule has 0 spiro atoms. The van der Waals surface area contributed by atoms with Crippen molar-refractivity contribution in [2.75, 3.05) is 18.0 Å². The number of hydrogen-bond acceptors (Lipinski definition) is 1. The molecule has 0 radical (unpaired) electrons. The average Bonchev–Trinajstić information content (AvgIpc) is 2.83. The molecule has 1 aromatic carbocycles. The summed E-state index contributed by atoms with van der Waals surface area (Å²) in [6.45, 7) is 9.26. The molecule has 2 heteroatoms. The number of anilines is 1. The molecule has 0 N–H and O–H groups in total. The topological polar surface area (TPSA) is 8.17 Å². The van der Waals surface area contributed by atoms with Gasteiger partial charge in [0.1, 0.15) is 0 Å². The summed E-state index contributed by atoms with van der Waals surface area (Å²) in [6, 6.07) is 9.53. The van der Waals surface area contributed by atoms with Crippen LogP contribution in [0.1, 0.15) is 39.7 Å². The first-order chi connectivity index (χ1) is 9.16. The van der Waals surface area contributed by atoms with Crippen LogP contribution in [0.25, 0.3) is 10.9 Å². The van der Waals surface area contributed by atoms with E-state index in [1.165, 1.54) is 42.5 Å². The lowest BCUT2D eigenvalue weighted by atomic mass is 9.98. The van der Waals surface area contributed by atoms with Gasteiger partial charge in [0.05, 0.1) is 5.52 Å². The predicted molar refractivity (Wildman–Crippen MR) is 82.9 cm³/mol. The van der Waals surface area contributed by atoms with E-state index >= 15 is 0 Å². The fraction of sp³-hybridized carbons (Fsp3) is 0.529. The molecule has 1 aromatic heterocycles. The Morgan fingerprint density at radius 1 is 1.11 bits per heavy atom. The van der Waals surface area contributed by atoms with E-state index in [1.807, 2.05) is 0 Å². The molecule has 2 nitrogen and oxygen atoms in total. The largest absolute Gasteiger partial charge is 0.371 e. The lowest BCUT2D eigenvalue weighted by molar-refractivity contribution is 0.439. The zero-order chi connectivity index (χ0) is 13.4. The quantitative estimate of drug-likeness (QED) is 0.770. The van der Waals surface area contributed by atoms with Crippen molar-refractivity contribution in [1.82, 2.24) is 4.57 Å². The van der Waals surface area contributed by atoms with Gasteiger partial charge in [0, 0.05) is 36.4 Å². The van der Waals surface area contributed by atoms with Crippen molar-refractivity contribution in [3.05, 3.63) is 30.5 Å². The van der Waals surface area contributed by atoms with Crippen molar-refractivity contribution < 1.29 is 0 Å². The molecule has 2 aromatic rings. The molecule has 3 rings (SSSR count). The standard InChI is InChI=1S/C17H24N2/c1-13(2)19-12-9-15-16(5-4-6-17(15)19)18-10-7-14(3)8-11-18/h4-6,9,12-14H,7-8,10-11H2,1-3H3. The average molecular weight is 256 g/mol. The van der Waals surface area contributed by atoms with Gasteiger partial charge in [0.25, 0.3) is 0 Å². The maximum Gasteiger partial charge on any atom is 0.0503 e. The second kappa shape index (κ2) is 4.92. The van der Waals surface area contributed by atoms with E-state index < -0.39 is 0 Å². The van der Waals surface area contributed by atoms with Crippen LogP contribution in [-0.4, -0.2) is 17.7 Å². The monoisotopic (exact) mass is 256 g/mol. The number of aromatic nitrogens is 1. The summed E-state index contributed by atoms with van der Waals surface area (Å²) in [7, 11) is 0. The summed E-state index contributed by atoms with van der Waals surface area (Å²) in [5.74, 6) is 0.885. The number of piperidine rings is 1. The van der Waals surface area contributed by atoms with Gasteiger partial charge in [0.2, 0.25) is 0 Å². The van der Waals surface area contributed by atoms with Crippen molar-refractivity contribution in [2.24, 2.45) is 5.92 Å². The van der Waals surface area contributed by atoms with Crippen molar-refractivity contribution in [2.45, 2.75) is 39.7 Å². The van der Waals surface area contributed by atoms with Crippen LogP contribution in [-0.2, 0) is 0 Å². The zero-order valence-corrected chi connectivity index (χ0v) is 12.3. The number of hydrogen-bond donors (Lipinski definition) is 0. The van der Waals surface area contributed by atoms with Crippen LogP contribution in [0.5, 0.6) is 0 Å². The van der Waals surface area contributed by atoms with Crippen LogP contribution in [0, 0.1) is 5.92 Å². The molecule has 0 amide bonds. The molecular weight excluding hydrogens is 232 g/mol. The summed E-state index contributed by atoms with van der Waals surface area (Å²) >= 11 is 0. The molecule has 0 aliphatic carbocycles. The van der Waals surface area contributed by atoms with Gasteiger partial charge in [-0.3, -0.25) is 0 Å². The van der Waals surface area contributed by atoms with Crippen LogP contribution < -0.4 is 4.90 Å². The third kappa shape index (κ3) is 2.24. The lowest BCUT2D eigenvalue weighted by Crippen LogP contribution is -2.32. The minimum absolute atomic E-state index is 0.522. The molecule has 102 valence electrons. The molecule has 1 aliphatic heterocycles. The normalized spacial score (nSPS) is 17.6. The van der Waals surface area contributed by atoms with Crippen molar-refractivity contribution in [3.63, 3.8) is 0 Å². The summed E-state index contributed by atoms with van der Waals surface area (Å²) in [6.07, 6.45) is 4.87. The van der Waals surface area contributed by atoms with Crippen LogP contribution in [0.15, 0.2) is 30.5 Å². The third-order valence-corrected chi connectivity index (χ3v) is 4.42. The van der Waals surface area contributed by atoms with Crippen molar-refractivity contribution in [3.8, 4) is 0 Å². The van der Waals surface area contributed by atoms with Crippen LogP contribution in [0.2, 0.25) is 0 Å². The number of benzene rings is 1. The predicted octanol–water partition coefficient (Wildman–Crippen LogP) is 4.46. The fourth-order valence-corrected chi connectivity index (χ4v) is 3.15. The van der Waals surface area contributed by atoms with Crippen LogP contribution in [0.3, 0.4) is 0 Å². The highest BCUT2D eigenvalue weighted by atomic mass is 15.1. The molecular formula is C17H24N2. The van der Waals surface area contributed by atoms with E-state index in [9.17, 15) is 0 Å². The van der Waals surface area contributed by atoms with Gasteiger partial charge in [-0.15, -0.1) is 0 Å². The molecule has 1 aliphatic rings. The first-order valence-corrected chi connectivity index (χ1v) is 7.51. The maximum atomic E-state index is 2.56. The smallest absolute Gasteiger partial charge is 0.0503 e. The molecule has 0 atom stereocenters. The Hall–Kier alpha value is -1.44. The SMILES string of the molecule is CC1CCN(c2cccc3c2ccn3C(C)C)CC1. The Bertz CT molecular complexity index is 560.